The lowest BCUT2D eigenvalue weighted by Crippen LogP contribution is -2.49. The molecule has 0 aromatic heterocycles. The Morgan fingerprint density at radius 2 is 1.74 bits per heavy atom. The van der Waals surface area contributed by atoms with Crippen molar-refractivity contribution in [2.45, 2.75) is 25.0 Å². The van der Waals surface area contributed by atoms with Gasteiger partial charge in [0.05, 0.1) is 29.5 Å². The van der Waals surface area contributed by atoms with Gasteiger partial charge in [0.15, 0.2) is 5.82 Å². The Morgan fingerprint density at radius 1 is 1.00 bits per heavy atom. The van der Waals surface area contributed by atoms with Gasteiger partial charge >= 0.3 is 5.97 Å². The van der Waals surface area contributed by atoms with Gasteiger partial charge in [0.25, 0.3) is 11.8 Å². The maximum absolute atomic E-state index is 14.7. The predicted molar refractivity (Wildman–Crippen MR) is 157 cm³/mol. The second-order valence-electron chi connectivity index (χ2n) is 10.4. The third kappa shape index (κ3) is 5.65. The second kappa shape index (κ2) is 12.0. The molecule has 3 aliphatic rings. The molecule has 0 aliphatic carbocycles. The predicted octanol–water partition coefficient (Wildman–Crippen LogP) is 4.27. The van der Waals surface area contributed by atoms with Crippen LogP contribution in [0.15, 0.2) is 65.8 Å². The van der Waals surface area contributed by atoms with Crippen molar-refractivity contribution in [2.75, 3.05) is 43.1 Å². The van der Waals surface area contributed by atoms with Gasteiger partial charge < -0.3 is 29.8 Å². The molecule has 3 aromatic carbocycles. The first kappa shape index (κ1) is 28.6. The number of carboxylic acid groups (broad SMARTS) is 1. The van der Waals surface area contributed by atoms with E-state index in [2.05, 4.69) is 15.4 Å². The van der Waals surface area contributed by atoms with Gasteiger partial charge in [0, 0.05) is 43.0 Å². The van der Waals surface area contributed by atoms with Gasteiger partial charge in [0.1, 0.15) is 6.04 Å². The van der Waals surface area contributed by atoms with Gasteiger partial charge in [-0.05, 0) is 60.0 Å². The van der Waals surface area contributed by atoms with Crippen molar-refractivity contribution in [3.63, 3.8) is 0 Å². The average molecular weight is 607 g/mol. The molecule has 10 nitrogen and oxygen atoms in total. The summed E-state index contributed by atoms with van der Waals surface area (Å²) in [5, 5.41) is 16.0. The number of rotatable bonds is 6. The van der Waals surface area contributed by atoms with E-state index in [4.69, 9.17) is 21.2 Å². The van der Waals surface area contributed by atoms with Crippen molar-refractivity contribution >= 4 is 46.5 Å². The summed E-state index contributed by atoms with van der Waals surface area (Å²) in [5.41, 5.74) is 3.53. The van der Waals surface area contributed by atoms with Crippen LogP contribution in [-0.4, -0.2) is 72.5 Å². The third-order valence-corrected chi connectivity index (χ3v) is 8.18. The van der Waals surface area contributed by atoms with Crippen molar-refractivity contribution < 1.29 is 33.5 Å². The lowest BCUT2D eigenvalue weighted by Gasteiger charge is -2.40. The smallest absolute Gasteiger partial charge is 0.335 e. The lowest BCUT2D eigenvalue weighted by atomic mass is 9.89. The first-order valence-electron chi connectivity index (χ1n) is 13.9. The number of halogens is 2. The summed E-state index contributed by atoms with van der Waals surface area (Å²) < 4.78 is 20.2. The summed E-state index contributed by atoms with van der Waals surface area (Å²) in [6.07, 6.45) is -0.532. The molecular formula is C31H28ClFN4O6. The van der Waals surface area contributed by atoms with Gasteiger partial charge in [-0.15, -0.1) is 0 Å². The van der Waals surface area contributed by atoms with E-state index in [1.165, 1.54) is 41.3 Å². The van der Waals surface area contributed by atoms with Crippen molar-refractivity contribution in [2.24, 2.45) is 5.16 Å². The molecule has 1 fully saturated rings. The number of carbonyl (C=O) groups is 3. The Bertz CT molecular complexity index is 1610. The largest absolute Gasteiger partial charge is 0.478 e. The molecule has 2 amide bonds. The van der Waals surface area contributed by atoms with Crippen LogP contribution in [0.3, 0.4) is 0 Å². The van der Waals surface area contributed by atoms with Crippen molar-refractivity contribution in [3.8, 4) is 0 Å². The van der Waals surface area contributed by atoms with E-state index in [0.29, 0.717) is 44.0 Å². The number of hydrogen-bond acceptors (Lipinski definition) is 7. The molecule has 43 heavy (non-hydrogen) atoms. The fourth-order valence-electron chi connectivity index (χ4n) is 5.76. The molecule has 6 rings (SSSR count). The van der Waals surface area contributed by atoms with Crippen molar-refractivity contribution in [3.05, 3.63) is 93.8 Å². The Hall–Kier alpha value is -4.48. The lowest BCUT2D eigenvalue weighted by molar-refractivity contribution is -0.148. The SMILES string of the molecule is O=C(O)c1ccc(NC(=O)[C@H]2c3cccc(N4CCOCC4)c3CCN2C(=O)C2CC(c3cccc(Cl)c3F)=NO2)cc1. The molecule has 2 atom stereocenters. The second-order valence-corrected chi connectivity index (χ2v) is 10.8. The quantitative estimate of drug-likeness (QED) is 0.430. The highest BCUT2D eigenvalue weighted by Crippen LogP contribution is 2.38. The van der Waals surface area contributed by atoms with Crippen LogP contribution in [0.2, 0.25) is 5.02 Å². The fraction of sp³-hybridized carbons (Fsp3) is 0.290. The minimum absolute atomic E-state index is 0.0122. The van der Waals surface area contributed by atoms with E-state index < -0.39 is 35.7 Å². The number of hydrogen-bond donors (Lipinski definition) is 2. The maximum atomic E-state index is 14.7. The summed E-state index contributed by atoms with van der Waals surface area (Å²) >= 11 is 5.94. The standard InChI is InChI=1S/C31H28ClFN4O6/c32-23-5-1-4-22(27(23)33)24-17-26(43-35-24)30(39)37-12-11-20-21(3-2-6-25(20)36-13-15-42-16-14-36)28(37)29(38)34-19-9-7-18(8-10-19)31(40)41/h1-10,26,28H,11-17H2,(H,34,38)(H,40,41)/t26?,28-/m1/s1. The van der Waals surface area contributed by atoms with E-state index in [1.54, 1.807) is 6.07 Å². The van der Waals surface area contributed by atoms with Crippen LogP contribution in [0.5, 0.6) is 0 Å². The molecule has 3 aliphatic heterocycles. The number of anilines is 2. The molecule has 12 heteroatoms. The summed E-state index contributed by atoms with van der Waals surface area (Å²) in [4.78, 5) is 48.4. The number of benzene rings is 3. The molecule has 222 valence electrons. The minimum atomic E-state index is -1.08. The molecule has 0 saturated carbocycles. The first-order chi connectivity index (χ1) is 20.8. The Kier molecular flexibility index (Phi) is 8.00. The first-order valence-corrected chi connectivity index (χ1v) is 14.3. The van der Waals surface area contributed by atoms with Crippen LogP contribution >= 0.6 is 11.6 Å². The molecule has 1 saturated heterocycles. The topological polar surface area (TPSA) is 121 Å². The molecule has 3 heterocycles. The summed E-state index contributed by atoms with van der Waals surface area (Å²) in [5.74, 6) is -2.64. The van der Waals surface area contributed by atoms with E-state index >= 15 is 0 Å². The zero-order valence-corrected chi connectivity index (χ0v) is 23.7. The van der Waals surface area contributed by atoms with Crippen LogP contribution in [0.1, 0.15) is 39.5 Å². The van der Waals surface area contributed by atoms with Crippen LogP contribution in [0.4, 0.5) is 15.8 Å². The number of ether oxygens (including phenoxy) is 1. The normalized spacial score (nSPS) is 19.7. The monoisotopic (exact) mass is 606 g/mol. The van der Waals surface area contributed by atoms with Crippen molar-refractivity contribution in [1.29, 1.82) is 0 Å². The molecular weight excluding hydrogens is 579 g/mol. The van der Waals surface area contributed by atoms with Crippen LogP contribution in [0.25, 0.3) is 0 Å². The molecule has 0 bridgehead atoms. The Balaban J connectivity index is 1.30. The summed E-state index contributed by atoms with van der Waals surface area (Å²) in [6.45, 7) is 2.85. The number of fused-ring (bicyclic) bond motifs is 1. The number of carboxylic acids is 1. The summed E-state index contributed by atoms with van der Waals surface area (Å²) in [7, 11) is 0. The number of carbonyl (C=O) groups excluding carboxylic acids is 2. The van der Waals surface area contributed by atoms with Crippen molar-refractivity contribution in [1.82, 2.24) is 4.90 Å². The van der Waals surface area contributed by atoms with Gasteiger partial charge in [-0.3, -0.25) is 9.59 Å². The number of nitrogens with zero attached hydrogens (tertiary/aromatic N) is 3. The third-order valence-electron chi connectivity index (χ3n) is 7.89. The molecule has 0 radical (unpaired) electrons. The highest BCUT2D eigenvalue weighted by atomic mass is 35.5. The molecule has 0 spiro atoms. The number of amides is 2. The van der Waals surface area contributed by atoms with Gasteiger partial charge in [-0.25, -0.2) is 9.18 Å². The van der Waals surface area contributed by atoms with Crippen LogP contribution in [-0.2, 0) is 25.6 Å². The van der Waals surface area contributed by atoms with E-state index in [-0.39, 0.29) is 34.8 Å². The maximum Gasteiger partial charge on any atom is 0.335 e. The highest BCUT2D eigenvalue weighted by molar-refractivity contribution is 6.31. The molecule has 2 N–H and O–H groups in total. The summed E-state index contributed by atoms with van der Waals surface area (Å²) in [6, 6.07) is 15.1. The molecule has 3 aromatic rings. The Morgan fingerprint density at radius 3 is 2.49 bits per heavy atom. The van der Waals surface area contributed by atoms with Crippen LogP contribution < -0.4 is 10.2 Å². The van der Waals surface area contributed by atoms with Gasteiger partial charge in [-0.2, -0.15) is 0 Å². The minimum Gasteiger partial charge on any atom is -0.478 e. The van der Waals surface area contributed by atoms with Gasteiger partial charge in [0.2, 0.25) is 6.10 Å². The zero-order valence-electron chi connectivity index (χ0n) is 23.0. The Labute approximate surface area is 251 Å². The number of morpholine rings is 1. The van der Waals surface area contributed by atoms with E-state index in [9.17, 15) is 23.9 Å². The molecule has 1 unspecified atom stereocenters. The highest BCUT2D eigenvalue weighted by Gasteiger charge is 2.42. The van der Waals surface area contributed by atoms with E-state index in [0.717, 1.165) is 11.3 Å². The fourth-order valence-corrected chi connectivity index (χ4v) is 5.93. The number of oxime groups is 1. The van der Waals surface area contributed by atoms with E-state index in [1.807, 2.05) is 18.2 Å². The van der Waals surface area contributed by atoms with Gasteiger partial charge in [-0.1, -0.05) is 35.0 Å². The number of nitrogens with one attached hydrogen (secondary N) is 1. The zero-order chi connectivity index (χ0) is 30.1. The average Bonchev–Trinajstić information content (AvgIpc) is 3.52. The number of aromatic carboxylic acids is 1. The van der Waals surface area contributed by atoms with Crippen LogP contribution in [0, 0.1) is 5.82 Å².